The maximum atomic E-state index is 13.8. The minimum Gasteiger partial charge on any atom is -0.756 e. The number of ether oxygens (including phenoxy) is 3. The fraction of sp³-hybridized carbons (Fsp3) is 0.864. The summed E-state index contributed by atoms with van der Waals surface area (Å²) in [6.07, 6.45) is 22.7. The Labute approximate surface area is 390 Å². The Bertz CT molecular complexity index is 1500. The molecule has 1 aliphatic heterocycles. The van der Waals surface area contributed by atoms with Crippen LogP contribution >= 0.6 is 7.82 Å². The molecule has 6 atom stereocenters. The molecule has 354 valence electrons. The van der Waals surface area contributed by atoms with E-state index in [1.807, 2.05) is 0 Å². The number of hydrogen-bond acceptors (Lipinski definition) is 13. The zero-order chi connectivity index (χ0) is 44.7. The molecular formula is C44H77FN2NaO13P. The first kappa shape index (κ1) is 58.6. The van der Waals surface area contributed by atoms with Crippen molar-refractivity contribution in [1.82, 2.24) is 9.55 Å². The summed E-state index contributed by atoms with van der Waals surface area (Å²) in [7, 11) is -5.18. The average molecular weight is 915 g/mol. The van der Waals surface area contributed by atoms with Crippen LogP contribution in [0.5, 0.6) is 0 Å². The van der Waals surface area contributed by atoms with Gasteiger partial charge in [-0.05, 0) is 12.8 Å². The summed E-state index contributed by atoms with van der Waals surface area (Å²) >= 11 is 0. The molecule has 1 fully saturated rings. The first-order valence-electron chi connectivity index (χ1n) is 23.4. The molecule has 2 rings (SSSR count). The number of unbranched alkanes of at least 4 members (excludes halogenated alkanes) is 24. The fourth-order valence-corrected chi connectivity index (χ4v) is 8.07. The van der Waals surface area contributed by atoms with Crippen LogP contribution in [0.4, 0.5) is 4.39 Å². The van der Waals surface area contributed by atoms with Crippen molar-refractivity contribution in [2.45, 2.75) is 224 Å². The third-order valence-electron chi connectivity index (χ3n) is 11.0. The number of carbonyl (C=O) groups excluding carboxylic acids is 2. The van der Waals surface area contributed by atoms with Gasteiger partial charge in [-0.2, -0.15) is 4.39 Å². The van der Waals surface area contributed by atoms with Crippen molar-refractivity contribution in [3.8, 4) is 0 Å². The van der Waals surface area contributed by atoms with E-state index in [-0.39, 0.29) is 42.4 Å². The second-order valence-electron chi connectivity index (χ2n) is 16.5. The predicted molar refractivity (Wildman–Crippen MR) is 228 cm³/mol. The Morgan fingerprint density at radius 3 is 1.63 bits per heavy atom. The Morgan fingerprint density at radius 1 is 0.726 bits per heavy atom. The number of esters is 2. The van der Waals surface area contributed by atoms with Crippen LogP contribution in [-0.2, 0) is 37.4 Å². The molecule has 0 amide bonds. The van der Waals surface area contributed by atoms with Gasteiger partial charge in [-0.15, -0.1) is 0 Å². The Morgan fingerprint density at radius 2 is 1.16 bits per heavy atom. The summed E-state index contributed by atoms with van der Waals surface area (Å²) in [6.45, 7) is 2.39. The number of halogens is 1. The second-order valence-corrected chi connectivity index (χ2v) is 17.9. The standard InChI is InChI=1S/C44H78FN2O13P.Na/c1-3-5-7-9-11-13-15-17-19-21-23-25-27-29-38(48)56-32-35(59-39(49)30-28-26-24-22-20-18-16-14-12-10-8-6-4-2)33-57-61(54,55)58-34-37-40(50)41(51)43(60-37)47-31-36(45)42(52)46-44(47)53;/h31,35,37,40-41,43,50-51H,3-30,32-34H2,1-2H3,(H,54,55)(H,46,52,53);/q;+1/p-1/t35-,37-,40-,41-,43-;/m1./s1. The van der Waals surface area contributed by atoms with Gasteiger partial charge in [-0.3, -0.25) is 28.5 Å². The molecule has 1 aromatic heterocycles. The molecule has 1 aliphatic rings. The van der Waals surface area contributed by atoms with Gasteiger partial charge in [0.15, 0.2) is 12.3 Å². The fourth-order valence-electron chi connectivity index (χ4n) is 7.32. The van der Waals surface area contributed by atoms with Crippen LogP contribution in [0.1, 0.15) is 200 Å². The first-order valence-corrected chi connectivity index (χ1v) is 24.8. The van der Waals surface area contributed by atoms with Crippen LogP contribution in [0.15, 0.2) is 15.8 Å². The average Bonchev–Trinajstić information content (AvgIpc) is 3.51. The van der Waals surface area contributed by atoms with E-state index in [1.165, 1.54) is 109 Å². The van der Waals surface area contributed by atoms with Gasteiger partial charge >= 0.3 is 47.2 Å². The number of aliphatic hydroxyl groups is 2. The number of aromatic nitrogens is 2. The predicted octanol–water partition coefficient (Wildman–Crippen LogP) is 5.22. The normalized spacial score (nSPS) is 18.9. The van der Waals surface area contributed by atoms with Crippen LogP contribution in [0.3, 0.4) is 0 Å². The third-order valence-corrected chi connectivity index (χ3v) is 12.0. The van der Waals surface area contributed by atoms with E-state index < -0.39 is 87.3 Å². The summed E-state index contributed by atoms with van der Waals surface area (Å²) in [4.78, 5) is 63.3. The molecule has 62 heavy (non-hydrogen) atoms. The Kier molecular flexibility index (Phi) is 33.8. The van der Waals surface area contributed by atoms with E-state index in [1.54, 1.807) is 4.98 Å². The van der Waals surface area contributed by atoms with Crippen LogP contribution in [-0.4, -0.2) is 75.9 Å². The molecular weight excluding hydrogens is 837 g/mol. The number of nitrogens with zero attached hydrogens (tertiary/aromatic N) is 1. The SMILES string of the molecule is CCCCCCCCCCCCCCCC(=O)OC[C@H](COP(=O)([O-])OC[C@H]1O[C@@H](n2cc(F)c(=O)[nH]c2=O)[C@H](O)[C@@H]1O)OC(=O)CCCCCCCCCCCCCCC.[Na+]. The van der Waals surface area contributed by atoms with Crippen molar-refractivity contribution in [3.63, 3.8) is 0 Å². The number of carbonyl (C=O) groups is 2. The molecule has 18 heteroatoms. The number of hydrogen-bond donors (Lipinski definition) is 3. The monoisotopic (exact) mass is 915 g/mol. The number of nitrogens with one attached hydrogen (secondary N) is 1. The van der Waals surface area contributed by atoms with Crippen molar-refractivity contribution in [3.05, 3.63) is 32.9 Å². The van der Waals surface area contributed by atoms with Gasteiger partial charge in [0, 0.05) is 12.8 Å². The van der Waals surface area contributed by atoms with Gasteiger partial charge in [0.1, 0.15) is 24.9 Å². The van der Waals surface area contributed by atoms with Gasteiger partial charge in [0.25, 0.3) is 13.4 Å². The Hall–Kier alpha value is -1.46. The van der Waals surface area contributed by atoms with Crippen LogP contribution < -0.4 is 45.7 Å². The smallest absolute Gasteiger partial charge is 0.756 e. The zero-order valence-electron chi connectivity index (χ0n) is 38.0. The zero-order valence-corrected chi connectivity index (χ0v) is 40.9. The number of H-pyrrole nitrogens is 1. The van der Waals surface area contributed by atoms with Crippen LogP contribution in [0.25, 0.3) is 0 Å². The molecule has 1 saturated heterocycles. The molecule has 1 unspecified atom stereocenters. The van der Waals surface area contributed by atoms with Crippen molar-refractivity contribution < 1.29 is 86.5 Å². The minimum absolute atomic E-state index is 0. The first-order chi connectivity index (χ1) is 29.4. The number of aliphatic hydroxyl groups excluding tert-OH is 2. The summed E-state index contributed by atoms with van der Waals surface area (Å²) in [6, 6.07) is 0. The topological polar surface area (TPSA) is 216 Å². The largest absolute Gasteiger partial charge is 1.00 e. The van der Waals surface area contributed by atoms with Gasteiger partial charge in [-0.1, -0.05) is 168 Å². The number of phosphoric acid groups is 1. The van der Waals surface area contributed by atoms with Gasteiger partial charge < -0.3 is 38.4 Å². The maximum Gasteiger partial charge on any atom is 1.00 e. The molecule has 1 aromatic rings. The number of aromatic amines is 1. The van der Waals surface area contributed by atoms with Gasteiger partial charge in [0.2, 0.25) is 5.82 Å². The van der Waals surface area contributed by atoms with Crippen molar-refractivity contribution in [2.24, 2.45) is 0 Å². The van der Waals surface area contributed by atoms with Gasteiger partial charge in [0.05, 0.1) is 19.4 Å². The summed E-state index contributed by atoms with van der Waals surface area (Å²) in [5.74, 6) is -2.46. The van der Waals surface area contributed by atoms with E-state index >= 15 is 0 Å². The van der Waals surface area contributed by atoms with Crippen molar-refractivity contribution in [2.75, 3.05) is 19.8 Å². The van der Waals surface area contributed by atoms with Crippen LogP contribution in [0.2, 0.25) is 0 Å². The molecule has 0 aromatic carbocycles. The minimum atomic E-state index is -5.18. The van der Waals surface area contributed by atoms with E-state index in [4.69, 9.17) is 23.3 Å². The number of phosphoric ester groups is 1. The number of rotatable bonds is 38. The molecule has 15 nitrogen and oxygen atoms in total. The van der Waals surface area contributed by atoms with Gasteiger partial charge in [-0.25, -0.2) is 4.79 Å². The van der Waals surface area contributed by atoms with E-state index in [9.17, 15) is 43.2 Å². The molecule has 0 saturated carbocycles. The third kappa shape index (κ3) is 26.5. The Balaban J connectivity index is 0.0000192. The quantitative estimate of drug-likeness (QED) is 0.0336. The second kappa shape index (κ2) is 35.8. The van der Waals surface area contributed by atoms with E-state index in [0.29, 0.717) is 23.6 Å². The molecule has 0 spiro atoms. The van der Waals surface area contributed by atoms with Crippen LogP contribution in [0, 0.1) is 5.82 Å². The van der Waals surface area contributed by atoms with E-state index in [0.717, 1.165) is 44.9 Å². The summed E-state index contributed by atoms with van der Waals surface area (Å²) in [5.41, 5.74) is -2.44. The molecule has 0 aliphatic carbocycles. The van der Waals surface area contributed by atoms with E-state index in [2.05, 4.69) is 13.8 Å². The molecule has 3 N–H and O–H groups in total. The van der Waals surface area contributed by atoms with Crippen molar-refractivity contribution in [1.29, 1.82) is 0 Å². The van der Waals surface area contributed by atoms with Crippen molar-refractivity contribution >= 4 is 19.8 Å². The molecule has 0 bridgehead atoms. The summed E-state index contributed by atoms with van der Waals surface area (Å²) in [5, 5.41) is 20.8. The maximum absolute atomic E-state index is 13.8. The molecule has 2 heterocycles. The molecule has 0 radical (unpaired) electrons. The summed E-state index contributed by atoms with van der Waals surface area (Å²) < 4.78 is 53.1.